The van der Waals surface area contributed by atoms with E-state index in [1.54, 1.807) is 19.1 Å². The average molecular weight is 239 g/mol. The molecule has 1 atom stereocenters. The van der Waals surface area contributed by atoms with Crippen LogP contribution in [0.15, 0.2) is 36.7 Å². The van der Waals surface area contributed by atoms with Crippen LogP contribution in [-0.4, -0.2) is 22.4 Å². The van der Waals surface area contributed by atoms with Gasteiger partial charge in [-0.15, -0.1) is 0 Å². The molecule has 2 rings (SSSR count). The van der Waals surface area contributed by atoms with E-state index in [0.717, 1.165) is 4.09 Å². The van der Waals surface area contributed by atoms with Gasteiger partial charge in [0.15, 0.2) is 0 Å². The van der Waals surface area contributed by atoms with E-state index in [4.69, 9.17) is 5.73 Å². The molecule has 1 aliphatic carbocycles. The molecule has 1 heterocycles. The second-order valence-corrected chi connectivity index (χ2v) is 6.21. The number of allylic oxidation sites excluding steroid dienone is 3. The van der Waals surface area contributed by atoms with Crippen LogP contribution in [0.4, 0.5) is 5.69 Å². The Labute approximate surface area is 94.3 Å². The highest BCUT2D eigenvalue weighted by atomic mass is 32.2. The molecule has 0 bridgehead atoms. The van der Waals surface area contributed by atoms with Crippen molar-refractivity contribution in [3.8, 4) is 0 Å². The van der Waals surface area contributed by atoms with Gasteiger partial charge in [-0.05, 0) is 13.3 Å². The third-order valence-electron chi connectivity index (χ3n) is 2.63. The fraction of sp³-hybridized carbons (Fsp3) is 0.300. The minimum Gasteiger partial charge on any atom is -0.396 e. The molecule has 1 unspecified atom stereocenters. The number of nitrogens with two attached hydrogens (primary N) is 1. The maximum absolute atomic E-state index is 12.3. The second-order valence-electron chi connectivity index (χ2n) is 3.96. The highest BCUT2D eigenvalue weighted by Gasteiger charge is 2.38. The van der Waals surface area contributed by atoms with Crippen LogP contribution in [0.2, 0.25) is 0 Å². The Hall–Kier alpha value is -1.56. The van der Waals surface area contributed by atoms with Crippen LogP contribution in [0.1, 0.15) is 13.3 Å². The highest BCUT2D eigenvalue weighted by molar-refractivity contribution is 7.91. The van der Waals surface area contributed by atoms with Crippen molar-refractivity contribution in [2.75, 3.05) is 5.73 Å². The van der Waals surface area contributed by atoms with Gasteiger partial charge in [-0.2, -0.15) is 9.19 Å². The molecule has 1 aromatic heterocycles. The highest BCUT2D eigenvalue weighted by Crippen LogP contribution is 2.28. The van der Waals surface area contributed by atoms with Crippen molar-refractivity contribution in [1.29, 1.82) is 0 Å². The molecule has 0 aliphatic heterocycles. The van der Waals surface area contributed by atoms with Crippen molar-refractivity contribution in [3.63, 3.8) is 0 Å². The van der Waals surface area contributed by atoms with E-state index in [2.05, 4.69) is 5.10 Å². The Balaban J connectivity index is 2.47. The second kappa shape index (κ2) is 3.48. The number of nitrogens with zero attached hydrogens (tertiary/aromatic N) is 2. The summed E-state index contributed by atoms with van der Waals surface area (Å²) in [5.41, 5.74) is 5.80. The number of aromatic nitrogens is 2. The smallest absolute Gasteiger partial charge is 0.263 e. The van der Waals surface area contributed by atoms with Crippen LogP contribution in [0.5, 0.6) is 0 Å². The zero-order chi connectivity index (χ0) is 11.8. The molecule has 1 aromatic rings. The van der Waals surface area contributed by atoms with Crippen molar-refractivity contribution < 1.29 is 8.42 Å². The Morgan fingerprint density at radius 2 is 2.25 bits per heavy atom. The van der Waals surface area contributed by atoms with E-state index in [1.165, 1.54) is 12.4 Å². The standard InChI is InChI=1S/C10H13N3O2S/c1-10(5-3-2-4-6-10)16(14,15)13-8-9(11)7-12-13/h2-5,7-8H,6,11H2,1H3. The maximum Gasteiger partial charge on any atom is 0.263 e. The van der Waals surface area contributed by atoms with Gasteiger partial charge in [-0.25, -0.2) is 8.42 Å². The predicted octanol–water partition coefficient (Wildman–Crippen LogP) is 0.918. The molecule has 0 saturated carbocycles. The quantitative estimate of drug-likeness (QED) is 0.832. The molecule has 1 aliphatic rings. The molecule has 0 spiro atoms. The summed E-state index contributed by atoms with van der Waals surface area (Å²) in [4.78, 5) is 0. The lowest BCUT2D eigenvalue weighted by Gasteiger charge is -2.25. The molecule has 6 heteroatoms. The lowest BCUT2D eigenvalue weighted by atomic mass is 10.0. The number of hydrogen-bond donors (Lipinski definition) is 1. The van der Waals surface area contributed by atoms with Crippen LogP contribution in [0.25, 0.3) is 0 Å². The van der Waals surface area contributed by atoms with Crippen LogP contribution < -0.4 is 5.73 Å². The summed E-state index contributed by atoms with van der Waals surface area (Å²) in [5, 5.41) is 3.75. The third-order valence-corrected chi connectivity index (χ3v) is 4.81. The SMILES string of the molecule is CC1(S(=O)(=O)n2cc(N)cn2)C=CC=CC1. The van der Waals surface area contributed by atoms with Gasteiger partial charge in [0.25, 0.3) is 10.0 Å². The molecule has 86 valence electrons. The topological polar surface area (TPSA) is 78.0 Å². The Morgan fingerprint density at radius 3 is 2.75 bits per heavy atom. The lowest BCUT2D eigenvalue weighted by molar-refractivity contribution is 0.546. The summed E-state index contributed by atoms with van der Waals surface area (Å²) in [6.07, 6.45) is 10.1. The van der Waals surface area contributed by atoms with Gasteiger partial charge in [0.2, 0.25) is 0 Å². The fourth-order valence-electron chi connectivity index (χ4n) is 1.56. The minimum absolute atomic E-state index is 0.336. The van der Waals surface area contributed by atoms with E-state index in [9.17, 15) is 8.42 Å². The van der Waals surface area contributed by atoms with Crippen molar-refractivity contribution >= 4 is 15.7 Å². The molecule has 16 heavy (non-hydrogen) atoms. The van der Waals surface area contributed by atoms with Crippen molar-refractivity contribution in [2.45, 2.75) is 18.1 Å². The Morgan fingerprint density at radius 1 is 1.50 bits per heavy atom. The van der Waals surface area contributed by atoms with Gasteiger partial charge in [-0.3, -0.25) is 0 Å². The largest absolute Gasteiger partial charge is 0.396 e. The van der Waals surface area contributed by atoms with Gasteiger partial charge in [0.1, 0.15) is 4.75 Å². The normalized spacial score (nSPS) is 24.8. The number of anilines is 1. The molecular weight excluding hydrogens is 226 g/mol. The summed E-state index contributed by atoms with van der Waals surface area (Å²) in [6, 6.07) is 0. The molecule has 0 aromatic carbocycles. The molecule has 0 fully saturated rings. The predicted molar refractivity (Wildman–Crippen MR) is 62.3 cm³/mol. The summed E-state index contributed by atoms with van der Waals surface area (Å²) in [6.45, 7) is 1.67. The minimum atomic E-state index is -3.55. The number of nitrogen functional groups attached to an aromatic ring is 1. The van der Waals surface area contributed by atoms with Crippen LogP contribution in [-0.2, 0) is 10.0 Å². The molecule has 0 amide bonds. The average Bonchev–Trinajstić information content (AvgIpc) is 2.66. The first-order valence-electron chi connectivity index (χ1n) is 4.85. The number of rotatable bonds is 2. The number of hydrogen-bond acceptors (Lipinski definition) is 4. The first-order valence-corrected chi connectivity index (χ1v) is 6.29. The zero-order valence-electron chi connectivity index (χ0n) is 8.87. The fourth-order valence-corrected chi connectivity index (χ4v) is 2.98. The third kappa shape index (κ3) is 1.55. The molecule has 0 radical (unpaired) electrons. The van der Waals surface area contributed by atoms with E-state index in [1.807, 2.05) is 12.2 Å². The van der Waals surface area contributed by atoms with Crippen molar-refractivity contribution in [1.82, 2.24) is 9.19 Å². The van der Waals surface area contributed by atoms with Crippen molar-refractivity contribution in [3.05, 3.63) is 36.7 Å². The monoisotopic (exact) mass is 239 g/mol. The summed E-state index contributed by atoms with van der Waals surface area (Å²) in [5.74, 6) is 0. The molecule has 2 N–H and O–H groups in total. The van der Waals surface area contributed by atoms with Crippen molar-refractivity contribution in [2.24, 2.45) is 0 Å². The van der Waals surface area contributed by atoms with Crippen LogP contribution >= 0.6 is 0 Å². The van der Waals surface area contributed by atoms with Crippen LogP contribution in [0.3, 0.4) is 0 Å². The first-order chi connectivity index (χ1) is 7.46. The zero-order valence-corrected chi connectivity index (χ0v) is 9.68. The van der Waals surface area contributed by atoms with E-state index >= 15 is 0 Å². The Kier molecular flexibility index (Phi) is 2.38. The molecular formula is C10H13N3O2S. The maximum atomic E-state index is 12.3. The summed E-state index contributed by atoms with van der Waals surface area (Å²) < 4.78 is 24.5. The molecule has 5 nitrogen and oxygen atoms in total. The summed E-state index contributed by atoms with van der Waals surface area (Å²) >= 11 is 0. The van der Waals surface area contributed by atoms with E-state index < -0.39 is 14.8 Å². The first kappa shape index (κ1) is 10.9. The van der Waals surface area contributed by atoms with Gasteiger partial charge < -0.3 is 5.73 Å². The van der Waals surface area contributed by atoms with Gasteiger partial charge in [-0.1, -0.05) is 24.3 Å². The van der Waals surface area contributed by atoms with E-state index in [0.29, 0.717) is 12.1 Å². The Bertz CT molecular complexity index is 556. The van der Waals surface area contributed by atoms with Gasteiger partial charge >= 0.3 is 0 Å². The van der Waals surface area contributed by atoms with Gasteiger partial charge in [0, 0.05) is 0 Å². The molecule has 0 saturated heterocycles. The van der Waals surface area contributed by atoms with Gasteiger partial charge in [0.05, 0.1) is 18.1 Å². The van der Waals surface area contributed by atoms with E-state index in [-0.39, 0.29) is 0 Å². The summed E-state index contributed by atoms with van der Waals surface area (Å²) in [7, 11) is -3.55. The van der Waals surface area contributed by atoms with Crippen LogP contribution in [0, 0.1) is 0 Å². The lowest BCUT2D eigenvalue weighted by Crippen LogP contribution is -2.38.